The van der Waals surface area contributed by atoms with Gasteiger partial charge in [-0.25, -0.2) is 0 Å². The second kappa shape index (κ2) is 4.63. The normalized spacial score (nSPS) is 18.2. The van der Waals surface area contributed by atoms with Crippen LogP contribution in [0.25, 0.3) is 0 Å². The summed E-state index contributed by atoms with van der Waals surface area (Å²) in [6.07, 6.45) is 6.01. The second-order valence-corrected chi connectivity index (χ2v) is 4.33. The first-order valence-electron chi connectivity index (χ1n) is 5.70. The standard InChI is InChI=1S/C14H18O/c1-2-4-14(15)13-9-7-12(8-10-13)11-5-3-6-11/h2,7-11,14-15H,1,3-6H2. The monoisotopic (exact) mass is 202 g/mol. The fourth-order valence-electron chi connectivity index (χ4n) is 2.03. The first-order valence-corrected chi connectivity index (χ1v) is 5.70. The van der Waals surface area contributed by atoms with E-state index in [1.54, 1.807) is 6.08 Å². The summed E-state index contributed by atoms with van der Waals surface area (Å²) in [6, 6.07) is 8.40. The largest absolute Gasteiger partial charge is 0.388 e. The lowest BCUT2D eigenvalue weighted by Gasteiger charge is -2.26. The van der Waals surface area contributed by atoms with E-state index >= 15 is 0 Å². The molecule has 0 aliphatic heterocycles. The molecule has 1 aromatic rings. The van der Waals surface area contributed by atoms with Crippen LogP contribution in [0.1, 0.15) is 48.8 Å². The van der Waals surface area contributed by atoms with Crippen molar-refractivity contribution in [3.63, 3.8) is 0 Å². The highest BCUT2D eigenvalue weighted by Crippen LogP contribution is 2.36. The van der Waals surface area contributed by atoms with Crippen LogP contribution in [0.2, 0.25) is 0 Å². The molecule has 0 aromatic heterocycles. The quantitative estimate of drug-likeness (QED) is 0.740. The Morgan fingerprint density at radius 2 is 2.00 bits per heavy atom. The summed E-state index contributed by atoms with van der Waals surface area (Å²) in [5.74, 6) is 0.774. The Balaban J connectivity index is 2.05. The fourth-order valence-corrected chi connectivity index (χ4v) is 2.03. The maximum Gasteiger partial charge on any atom is 0.0824 e. The topological polar surface area (TPSA) is 20.2 Å². The van der Waals surface area contributed by atoms with Gasteiger partial charge in [-0.05, 0) is 36.3 Å². The molecular formula is C14H18O. The minimum absolute atomic E-state index is 0.391. The number of hydrogen-bond donors (Lipinski definition) is 1. The molecule has 2 rings (SSSR count). The van der Waals surface area contributed by atoms with Gasteiger partial charge in [0.25, 0.3) is 0 Å². The minimum atomic E-state index is -0.391. The molecule has 1 fully saturated rings. The van der Waals surface area contributed by atoms with Crippen LogP contribution in [0.15, 0.2) is 36.9 Å². The first kappa shape index (κ1) is 10.4. The van der Waals surface area contributed by atoms with Crippen molar-refractivity contribution in [2.45, 2.75) is 37.7 Å². The molecule has 0 heterocycles. The van der Waals surface area contributed by atoms with Gasteiger partial charge in [0.05, 0.1) is 6.10 Å². The zero-order valence-corrected chi connectivity index (χ0v) is 9.02. The van der Waals surface area contributed by atoms with Crippen LogP contribution < -0.4 is 0 Å². The molecule has 15 heavy (non-hydrogen) atoms. The molecule has 1 unspecified atom stereocenters. The average molecular weight is 202 g/mol. The lowest BCUT2D eigenvalue weighted by molar-refractivity contribution is 0.181. The van der Waals surface area contributed by atoms with E-state index < -0.39 is 6.10 Å². The summed E-state index contributed by atoms with van der Waals surface area (Å²) < 4.78 is 0. The van der Waals surface area contributed by atoms with Gasteiger partial charge >= 0.3 is 0 Å². The number of rotatable bonds is 4. The van der Waals surface area contributed by atoms with Crippen LogP contribution in [0, 0.1) is 0 Å². The lowest BCUT2D eigenvalue weighted by Crippen LogP contribution is -2.08. The highest BCUT2D eigenvalue weighted by atomic mass is 16.3. The molecule has 1 atom stereocenters. The fraction of sp³-hybridized carbons (Fsp3) is 0.429. The van der Waals surface area contributed by atoms with Crippen molar-refractivity contribution in [3.8, 4) is 0 Å². The summed E-state index contributed by atoms with van der Waals surface area (Å²) in [4.78, 5) is 0. The minimum Gasteiger partial charge on any atom is -0.388 e. The van der Waals surface area contributed by atoms with Crippen molar-refractivity contribution in [1.29, 1.82) is 0 Å². The molecule has 0 amide bonds. The van der Waals surface area contributed by atoms with E-state index in [1.165, 1.54) is 24.8 Å². The summed E-state index contributed by atoms with van der Waals surface area (Å²) in [5, 5.41) is 9.75. The van der Waals surface area contributed by atoms with Crippen LogP contribution in [0.4, 0.5) is 0 Å². The molecule has 1 aromatic carbocycles. The number of benzene rings is 1. The molecule has 0 spiro atoms. The van der Waals surface area contributed by atoms with E-state index in [4.69, 9.17) is 0 Å². The molecule has 0 saturated heterocycles. The molecule has 0 radical (unpaired) electrons. The van der Waals surface area contributed by atoms with E-state index in [-0.39, 0.29) is 0 Å². The molecule has 1 nitrogen and oxygen atoms in total. The highest BCUT2D eigenvalue weighted by Gasteiger charge is 2.19. The Morgan fingerprint density at radius 1 is 1.33 bits per heavy atom. The molecule has 1 N–H and O–H groups in total. The van der Waals surface area contributed by atoms with Crippen LogP contribution in [-0.4, -0.2) is 5.11 Å². The third-order valence-corrected chi connectivity index (χ3v) is 3.29. The van der Waals surface area contributed by atoms with E-state index in [1.807, 2.05) is 12.1 Å². The molecule has 1 aliphatic carbocycles. The van der Waals surface area contributed by atoms with E-state index in [0.717, 1.165) is 11.5 Å². The van der Waals surface area contributed by atoms with Crippen molar-refractivity contribution < 1.29 is 5.11 Å². The van der Waals surface area contributed by atoms with Crippen LogP contribution in [0.3, 0.4) is 0 Å². The Labute approximate surface area is 91.4 Å². The summed E-state index contributed by atoms with van der Waals surface area (Å²) in [7, 11) is 0. The SMILES string of the molecule is C=CCC(O)c1ccc(C2CCC2)cc1. The number of aliphatic hydroxyl groups is 1. The van der Waals surface area contributed by atoms with Gasteiger partial charge in [-0.2, -0.15) is 0 Å². The number of aliphatic hydroxyl groups excluding tert-OH is 1. The van der Waals surface area contributed by atoms with E-state index in [2.05, 4.69) is 18.7 Å². The van der Waals surface area contributed by atoms with Crippen LogP contribution in [-0.2, 0) is 0 Å². The molecule has 1 aliphatic rings. The van der Waals surface area contributed by atoms with E-state index in [9.17, 15) is 5.11 Å². The summed E-state index contributed by atoms with van der Waals surface area (Å²) in [6.45, 7) is 3.63. The maximum absolute atomic E-state index is 9.75. The molecule has 0 bridgehead atoms. The zero-order valence-electron chi connectivity index (χ0n) is 9.02. The Hall–Kier alpha value is -1.08. The Bertz CT molecular complexity index is 322. The van der Waals surface area contributed by atoms with Gasteiger partial charge in [-0.3, -0.25) is 0 Å². The third-order valence-electron chi connectivity index (χ3n) is 3.29. The van der Waals surface area contributed by atoms with Crippen molar-refractivity contribution in [1.82, 2.24) is 0 Å². The Morgan fingerprint density at radius 3 is 2.47 bits per heavy atom. The van der Waals surface area contributed by atoms with Gasteiger partial charge in [0, 0.05) is 0 Å². The van der Waals surface area contributed by atoms with Crippen molar-refractivity contribution in [2.75, 3.05) is 0 Å². The molecular weight excluding hydrogens is 184 g/mol. The molecule has 80 valence electrons. The average Bonchev–Trinajstić information content (AvgIpc) is 2.16. The molecule has 1 saturated carbocycles. The van der Waals surface area contributed by atoms with Gasteiger partial charge in [0.2, 0.25) is 0 Å². The predicted octanol–water partition coefficient (Wildman–Crippen LogP) is 3.56. The third kappa shape index (κ3) is 2.29. The summed E-state index contributed by atoms with van der Waals surface area (Å²) >= 11 is 0. The van der Waals surface area contributed by atoms with Gasteiger partial charge in [0.15, 0.2) is 0 Å². The van der Waals surface area contributed by atoms with Crippen molar-refractivity contribution in [2.24, 2.45) is 0 Å². The second-order valence-electron chi connectivity index (χ2n) is 4.33. The van der Waals surface area contributed by atoms with Gasteiger partial charge < -0.3 is 5.11 Å². The Kier molecular flexibility index (Phi) is 3.22. The van der Waals surface area contributed by atoms with Crippen molar-refractivity contribution in [3.05, 3.63) is 48.0 Å². The zero-order chi connectivity index (χ0) is 10.7. The maximum atomic E-state index is 9.75. The summed E-state index contributed by atoms with van der Waals surface area (Å²) in [5.41, 5.74) is 2.42. The van der Waals surface area contributed by atoms with E-state index in [0.29, 0.717) is 6.42 Å². The lowest BCUT2D eigenvalue weighted by atomic mass is 9.80. The van der Waals surface area contributed by atoms with Gasteiger partial charge in [-0.1, -0.05) is 36.8 Å². The first-order chi connectivity index (χ1) is 7.31. The smallest absolute Gasteiger partial charge is 0.0824 e. The van der Waals surface area contributed by atoms with Crippen molar-refractivity contribution >= 4 is 0 Å². The van der Waals surface area contributed by atoms with Gasteiger partial charge in [-0.15, -0.1) is 6.58 Å². The van der Waals surface area contributed by atoms with Crippen LogP contribution >= 0.6 is 0 Å². The van der Waals surface area contributed by atoms with Crippen LogP contribution in [0.5, 0.6) is 0 Å². The predicted molar refractivity (Wildman–Crippen MR) is 62.8 cm³/mol. The molecule has 1 heteroatoms. The van der Waals surface area contributed by atoms with Gasteiger partial charge in [0.1, 0.15) is 0 Å². The highest BCUT2D eigenvalue weighted by molar-refractivity contribution is 5.28. The number of hydrogen-bond acceptors (Lipinski definition) is 1.